The maximum Gasteiger partial charge on any atom is 0.275 e. The van der Waals surface area contributed by atoms with Crippen molar-refractivity contribution < 1.29 is 14.4 Å². The Morgan fingerprint density at radius 3 is 2.62 bits per heavy atom. The summed E-state index contributed by atoms with van der Waals surface area (Å²) in [4.78, 5) is 50.7. The Morgan fingerprint density at radius 2 is 2.00 bits per heavy atom. The Bertz CT molecular complexity index is 1250. The highest BCUT2D eigenvalue weighted by atomic mass is 32.1. The van der Waals surface area contributed by atoms with E-state index in [0.717, 1.165) is 16.4 Å². The lowest BCUT2D eigenvalue weighted by atomic mass is 10.2. The van der Waals surface area contributed by atoms with E-state index in [1.807, 2.05) is 43.4 Å². The van der Waals surface area contributed by atoms with Crippen molar-refractivity contribution in [2.24, 2.45) is 0 Å². The highest BCUT2D eigenvalue weighted by Crippen LogP contribution is 2.36. The summed E-state index contributed by atoms with van der Waals surface area (Å²) >= 11 is 2.74. The minimum atomic E-state index is -0.466. The summed E-state index contributed by atoms with van der Waals surface area (Å²) in [7, 11) is 3.88. The zero-order valence-corrected chi connectivity index (χ0v) is 19.7. The first-order valence-corrected chi connectivity index (χ1v) is 11.6. The van der Waals surface area contributed by atoms with Crippen molar-refractivity contribution in [1.29, 1.82) is 0 Å². The number of imide groups is 1. The van der Waals surface area contributed by atoms with E-state index >= 15 is 0 Å². The third-order valence-corrected chi connectivity index (χ3v) is 6.95. The molecule has 166 valence electrons. The normalized spacial score (nSPS) is 13.9. The summed E-state index contributed by atoms with van der Waals surface area (Å²) in [5, 5.41) is 6.38. The molecular formula is C21H22N6O3S2. The van der Waals surface area contributed by atoms with E-state index in [1.54, 1.807) is 6.92 Å². The number of hydrazine groups is 1. The van der Waals surface area contributed by atoms with Crippen LogP contribution in [0.3, 0.4) is 0 Å². The lowest BCUT2D eigenvalue weighted by molar-refractivity contribution is -0.135. The Kier molecular flexibility index (Phi) is 6.04. The molecule has 0 radical (unpaired) electrons. The topological polar surface area (TPSA) is 108 Å². The molecule has 1 aliphatic heterocycles. The molecule has 3 amide bonds. The number of hydrogen-bond acceptors (Lipinski definition) is 9. The molecule has 0 unspecified atom stereocenters. The Balaban J connectivity index is 1.76. The minimum Gasteiger partial charge on any atom is -0.350 e. The van der Waals surface area contributed by atoms with Crippen LogP contribution in [0.1, 0.15) is 22.2 Å². The summed E-state index contributed by atoms with van der Waals surface area (Å²) < 4.78 is 0. The lowest BCUT2D eigenvalue weighted by Crippen LogP contribution is -2.36. The van der Waals surface area contributed by atoms with Gasteiger partial charge in [0, 0.05) is 24.7 Å². The van der Waals surface area contributed by atoms with Gasteiger partial charge in [-0.1, -0.05) is 6.07 Å². The molecule has 32 heavy (non-hydrogen) atoms. The molecular weight excluding hydrogens is 448 g/mol. The highest BCUT2D eigenvalue weighted by molar-refractivity contribution is 7.20. The molecule has 11 heteroatoms. The molecule has 4 rings (SSSR count). The second kappa shape index (κ2) is 8.77. The maximum atomic E-state index is 12.8. The predicted octanol–water partition coefficient (Wildman–Crippen LogP) is 2.66. The van der Waals surface area contributed by atoms with Crippen LogP contribution in [0.4, 0.5) is 5.82 Å². The number of hydrogen-bond donors (Lipinski definition) is 2. The maximum absolute atomic E-state index is 12.8. The van der Waals surface area contributed by atoms with Gasteiger partial charge in [-0.25, -0.2) is 9.97 Å². The van der Waals surface area contributed by atoms with Crippen LogP contribution in [0.25, 0.3) is 20.9 Å². The molecule has 0 aliphatic carbocycles. The van der Waals surface area contributed by atoms with E-state index in [2.05, 4.69) is 20.7 Å². The van der Waals surface area contributed by atoms with Crippen molar-refractivity contribution >= 4 is 56.4 Å². The van der Waals surface area contributed by atoms with Gasteiger partial charge in [0.1, 0.15) is 4.83 Å². The molecule has 0 spiro atoms. The van der Waals surface area contributed by atoms with Gasteiger partial charge in [-0.2, -0.15) is 5.01 Å². The summed E-state index contributed by atoms with van der Waals surface area (Å²) in [6.45, 7) is 4.63. The smallest absolute Gasteiger partial charge is 0.275 e. The fraction of sp³-hybridized carbons (Fsp3) is 0.286. The SMILES string of the molecule is CC1=CC(=O)N(Nc2nc(-c3cccs3)nc3sc(C(=O)NCCN(C)C)c(C)c23)C1=O. The summed E-state index contributed by atoms with van der Waals surface area (Å²) in [5.74, 6) is -0.328. The number of thiophene rings is 2. The van der Waals surface area contributed by atoms with Crippen molar-refractivity contribution in [3.05, 3.63) is 39.6 Å². The van der Waals surface area contributed by atoms with E-state index in [9.17, 15) is 14.4 Å². The fourth-order valence-corrected chi connectivity index (χ4v) is 4.98. The Morgan fingerprint density at radius 1 is 1.22 bits per heavy atom. The summed E-state index contributed by atoms with van der Waals surface area (Å²) in [6.07, 6.45) is 1.28. The molecule has 9 nitrogen and oxygen atoms in total. The third kappa shape index (κ3) is 4.14. The van der Waals surface area contributed by atoms with Crippen molar-refractivity contribution in [3.63, 3.8) is 0 Å². The quantitative estimate of drug-likeness (QED) is 0.511. The first-order chi connectivity index (χ1) is 15.3. The number of rotatable bonds is 7. The fourth-order valence-electron chi connectivity index (χ4n) is 3.23. The standard InChI is InChI=1S/C21H22N6O3S2/c1-11-10-14(28)27(21(11)30)25-18-15-12(2)16(19(29)22-7-8-26(3)4)32-20(15)24-17(23-18)13-6-5-9-31-13/h5-6,9-10H,7-8H2,1-4H3,(H,22,29)(H,23,24,25). The molecule has 3 aromatic heterocycles. The largest absolute Gasteiger partial charge is 0.350 e. The zero-order valence-electron chi connectivity index (χ0n) is 18.1. The van der Waals surface area contributed by atoms with E-state index in [1.165, 1.54) is 28.7 Å². The number of fused-ring (bicyclic) bond motifs is 1. The lowest BCUT2D eigenvalue weighted by Gasteiger charge is -2.17. The molecule has 0 aromatic carbocycles. The second-order valence-electron chi connectivity index (χ2n) is 7.59. The summed E-state index contributed by atoms with van der Waals surface area (Å²) in [5.41, 5.74) is 3.90. The van der Waals surface area contributed by atoms with Gasteiger partial charge in [0.2, 0.25) is 0 Å². The van der Waals surface area contributed by atoms with Gasteiger partial charge in [0.25, 0.3) is 17.7 Å². The molecule has 4 heterocycles. The number of likely N-dealkylation sites (N-methyl/N-ethyl adjacent to an activating group) is 1. The Hall–Kier alpha value is -3.15. The van der Waals surface area contributed by atoms with Gasteiger partial charge < -0.3 is 10.2 Å². The van der Waals surface area contributed by atoms with Crippen molar-refractivity contribution in [2.45, 2.75) is 13.8 Å². The molecule has 2 N–H and O–H groups in total. The molecule has 0 saturated carbocycles. The predicted molar refractivity (Wildman–Crippen MR) is 126 cm³/mol. The zero-order chi connectivity index (χ0) is 23.0. The van der Waals surface area contributed by atoms with Crippen LogP contribution in [-0.2, 0) is 9.59 Å². The monoisotopic (exact) mass is 470 g/mol. The minimum absolute atomic E-state index is 0.193. The van der Waals surface area contributed by atoms with Gasteiger partial charge in [0.05, 0.1) is 15.1 Å². The van der Waals surface area contributed by atoms with E-state index < -0.39 is 11.8 Å². The number of nitrogens with zero attached hydrogens (tertiary/aromatic N) is 4. The molecule has 0 atom stereocenters. The first kappa shape index (κ1) is 22.1. The van der Waals surface area contributed by atoms with Crippen LogP contribution >= 0.6 is 22.7 Å². The van der Waals surface area contributed by atoms with Crippen LogP contribution in [-0.4, -0.2) is 64.8 Å². The van der Waals surface area contributed by atoms with Crippen LogP contribution in [0, 0.1) is 6.92 Å². The van der Waals surface area contributed by atoms with Crippen LogP contribution in [0.5, 0.6) is 0 Å². The van der Waals surface area contributed by atoms with Crippen molar-refractivity contribution in [3.8, 4) is 10.7 Å². The van der Waals surface area contributed by atoms with Gasteiger partial charge in [-0.05, 0) is 45.0 Å². The number of carbonyl (C=O) groups excluding carboxylic acids is 3. The molecule has 1 aliphatic rings. The van der Waals surface area contributed by atoms with Crippen molar-refractivity contribution in [2.75, 3.05) is 32.6 Å². The number of amides is 3. The molecule has 0 bridgehead atoms. The third-order valence-electron chi connectivity index (χ3n) is 4.90. The highest BCUT2D eigenvalue weighted by Gasteiger charge is 2.30. The van der Waals surface area contributed by atoms with Crippen LogP contribution < -0.4 is 10.7 Å². The second-order valence-corrected chi connectivity index (χ2v) is 9.53. The van der Waals surface area contributed by atoms with Crippen molar-refractivity contribution in [1.82, 2.24) is 25.2 Å². The molecule has 3 aromatic rings. The molecule has 0 saturated heterocycles. The van der Waals surface area contributed by atoms with E-state index in [0.29, 0.717) is 44.4 Å². The van der Waals surface area contributed by atoms with E-state index in [-0.39, 0.29) is 5.91 Å². The van der Waals surface area contributed by atoms with E-state index in [4.69, 9.17) is 0 Å². The number of aryl methyl sites for hydroxylation is 1. The number of carbonyl (C=O) groups is 3. The molecule has 0 fully saturated rings. The van der Waals surface area contributed by atoms with Crippen LogP contribution in [0.15, 0.2) is 29.2 Å². The number of anilines is 1. The van der Waals surface area contributed by atoms with Gasteiger partial charge in [0.15, 0.2) is 11.6 Å². The average molecular weight is 471 g/mol. The van der Waals surface area contributed by atoms with Gasteiger partial charge in [-0.15, -0.1) is 22.7 Å². The van der Waals surface area contributed by atoms with Gasteiger partial charge >= 0.3 is 0 Å². The number of aromatic nitrogens is 2. The summed E-state index contributed by atoms with van der Waals surface area (Å²) in [6, 6.07) is 3.79. The van der Waals surface area contributed by atoms with Crippen LogP contribution in [0.2, 0.25) is 0 Å². The average Bonchev–Trinajstić information content (AvgIpc) is 3.44. The number of nitrogens with one attached hydrogen (secondary N) is 2. The first-order valence-electron chi connectivity index (χ1n) is 9.87. The Labute approximate surface area is 192 Å². The van der Waals surface area contributed by atoms with Gasteiger partial charge in [-0.3, -0.25) is 19.8 Å².